The van der Waals surface area contributed by atoms with Crippen LogP contribution >= 0.6 is 35.3 Å². The largest absolute Gasteiger partial charge is 0.494 e. The van der Waals surface area contributed by atoms with Crippen molar-refractivity contribution in [2.75, 3.05) is 19.7 Å². The number of guanidine groups is 1. The summed E-state index contributed by atoms with van der Waals surface area (Å²) < 4.78 is 11.8. The van der Waals surface area contributed by atoms with Crippen molar-refractivity contribution >= 4 is 41.3 Å². The zero-order chi connectivity index (χ0) is 19.9. The van der Waals surface area contributed by atoms with Crippen molar-refractivity contribution in [3.63, 3.8) is 0 Å². The van der Waals surface area contributed by atoms with E-state index in [0.29, 0.717) is 13.2 Å². The molecule has 0 saturated heterocycles. The number of hydrogen-bond donors (Lipinski definition) is 2. The zero-order valence-corrected chi connectivity index (χ0v) is 20.7. The summed E-state index contributed by atoms with van der Waals surface area (Å²) in [6.45, 7) is 11.0. The molecule has 8 heteroatoms. The van der Waals surface area contributed by atoms with Crippen LogP contribution in [0.5, 0.6) is 11.5 Å². The fourth-order valence-corrected chi connectivity index (χ4v) is 3.99. The lowest BCUT2D eigenvalue weighted by Crippen LogP contribution is -2.38. The van der Waals surface area contributed by atoms with E-state index in [9.17, 15) is 0 Å². The van der Waals surface area contributed by atoms with Crippen LogP contribution in [0.3, 0.4) is 0 Å². The van der Waals surface area contributed by atoms with E-state index in [2.05, 4.69) is 48.5 Å². The number of rotatable bonds is 8. The van der Waals surface area contributed by atoms with Crippen molar-refractivity contribution in [1.29, 1.82) is 0 Å². The number of nitrogens with one attached hydrogen (secondary N) is 2. The highest BCUT2D eigenvalue weighted by Crippen LogP contribution is 2.35. The van der Waals surface area contributed by atoms with Crippen molar-refractivity contribution in [3.8, 4) is 11.5 Å². The summed E-state index contributed by atoms with van der Waals surface area (Å²) in [6.07, 6.45) is 3.96. The number of ether oxygens (including phenoxy) is 2. The van der Waals surface area contributed by atoms with Crippen LogP contribution in [0.15, 0.2) is 23.3 Å². The van der Waals surface area contributed by atoms with E-state index in [1.54, 1.807) is 11.3 Å². The van der Waals surface area contributed by atoms with Gasteiger partial charge >= 0.3 is 0 Å². The smallest absolute Gasteiger partial charge is 0.191 e. The molecule has 160 valence electrons. The van der Waals surface area contributed by atoms with Crippen LogP contribution in [0, 0.1) is 6.92 Å². The molecule has 1 aliphatic heterocycles. The summed E-state index contributed by atoms with van der Waals surface area (Å²) in [5.74, 6) is 2.66. The van der Waals surface area contributed by atoms with E-state index in [1.807, 2.05) is 13.1 Å². The highest BCUT2D eigenvalue weighted by Gasteiger charge is 2.21. The van der Waals surface area contributed by atoms with Gasteiger partial charge < -0.3 is 20.1 Å². The second-order valence-corrected chi connectivity index (χ2v) is 8.19. The molecule has 29 heavy (non-hydrogen) atoms. The number of benzene rings is 1. The first kappa shape index (κ1) is 23.7. The standard InChI is InChI=1S/C21H30N4O2S.HI/c1-5-22-21(23-8-7-20-24-12-15(4)28-20)25-13-17-11-19-16(9-14(3)27-19)10-18(17)26-6-2;/h10-12,14H,5-9,13H2,1-4H3,(H2,22,23,25);1H. The normalized spacial score (nSPS) is 15.3. The molecule has 6 nitrogen and oxygen atoms in total. The van der Waals surface area contributed by atoms with E-state index in [4.69, 9.17) is 14.5 Å². The highest BCUT2D eigenvalue weighted by molar-refractivity contribution is 14.0. The fraction of sp³-hybridized carbons (Fsp3) is 0.524. The monoisotopic (exact) mass is 530 g/mol. The number of aryl methyl sites for hydroxylation is 1. The van der Waals surface area contributed by atoms with Crippen LogP contribution in [0.1, 0.15) is 41.8 Å². The molecule has 0 bridgehead atoms. The van der Waals surface area contributed by atoms with Crippen LogP contribution in [0.2, 0.25) is 0 Å². The second kappa shape index (κ2) is 11.6. The molecule has 0 fully saturated rings. The number of fused-ring (bicyclic) bond motifs is 1. The SMILES string of the molecule is CCNC(=NCc1cc2c(cc1OCC)CC(C)O2)NCCc1ncc(C)s1.I. The number of thiazole rings is 1. The van der Waals surface area contributed by atoms with Crippen molar-refractivity contribution in [2.24, 2.45) is 4.99 Å². The van der Waals surface area contributed by atoms with Crippen LogP contribution in [0.25, 0.3) is 0 Å². The molecule has 0 radical (unpaired) electrons. The van der Waals surface area contributed by atoms with Crippen molar-refractivity contribution < 1.29 is 9.47 Å². The van der Waals surface area contributed by atoms with E-state index in [1.165, 1.54) is 10.4 Å². The first-order valence-corrected chi connectivity index (χ1v) is 10.8. The van der Waals surface area contributed by atoms with Crippen LogP contribution in [0.4, 0.5) is 0 Å². The molecule has 0 aliphatic carbocycles. The summed E-state index contributed by atoms with van der Waals surface area (Å²) in [7, 11) is 0. The lowest BCUT2D eigenvalue weighted by Gasteiger charge is -2.13. The molecule has 3 rings (SSSR count). The predicted octanol–water partition coefficient (Wildman–Crippen LogP) is 4.09. The van der Waals surface area contributed by atoms with E-state index in [-0.39, 0.29) is 30.1 Å². The van der Waals surface area contributed by atoms with Gasteiger partial charge in [0.1, 0.15) is 17.6 Å². The average Bonchev–Trinajstić information content (AvgIpc) is 3.23. The van der Waals surface area contributed by atoms with E-state index in [0.717, 1.165) is 54.0 Å². The Bertz CT molecular complexity index is 825. The number of nitrogens with zero attached hydrogens (tertiary/aromatic N) is 2. The minimum atomic E-state index is 0. The van der Waals surface area contributed by atoms with Gasteiger partial charge in [0.25, 0.3) is 0 Å². The van der Waals surface area contributed by atoms with E-state index < -0.39 is 0 Å². The number of aliphatic imine (C=N–C) groups is 1. The molecule has 0 amide bonds. The van der Waals surface area contributed by atoms with Crippen LogP contribution in [-0.4, -0.2) is 36.7 Å². The van der Waals surface area contributed by atoms with Gasteiger partial charge in [0.05, 0.1) is 18.2 Å². The van der Waals surface area contributed by atoms with Gasteiger partial charge in [0.15, 0.2) is 5.96 Å². The lowest BCUT2D eigenvalue weighted by molar-refractivity contribution is 0.254. The molecule has 0 spiro atoms. The molecule has 1 aliphatic rings. The van der Waals surface area contributed by atoms with Gasteiger partial charge in [-0.25, -0.2) is 9.98 Å². The van der Waals surface area contributed by atoms with Gasteiger partial charge in [-0.1, -0.05) is 0 Å². The van der Waals surface area contributed by atoms with Gasteiger partial charge in [-0.3, -0.25) is 0 Å². The maximum absolute atomic E-state index is 5.91. The van der Waals surface area contributed by atoms with Crippen molar-refractivity contribution in [3.05, 3.63) is 39.3 Å². The molecule has 1 aromatic heterocycles. The quantitative estimate of drug-likeness (QED) is 0.306. The van der Waals surface area contributed by atoms with Gasteiger partial charge in [-0.05, 0) is 39.8 Å². The Morgan fingerprint density at radius 2 is 2.17 bits per heavy atom. The first-order valence-electron chi connectivity index (χ1n) is 9.97. The van der Waals surface area contributed by atoms with Gasteiger partial charge in [-0.15, -0.1) is 35.3 Å². The predicted molar refractivity (Wildman–Crippen MR) is 130 cm³/mol. The molecule has 1 unspecified atom stereocenters. The highest BCUT2D eigenvalue weighted by atomic mass is 127. The average molecular weight is 530 g/mol. The third-order valence-electron chi connectivity index (χ3n) is 4.43. The van der Waals surface area contributed by atoms with E-state index >= 15 is 0 Å². The Balaban J connectivity index is 0.00000300. The Kier molecular flexibility index (Phi) is 9.48. The molecule has 2 aromatic rings. The summed E-state index contributed by atoms with van der Waals surface area (Å²) in [5, 5.41) is 7.84. The third-order valence-corrected chi connectivity index (χ3v) is 5.40. The van der Waals surface area contributed by atoms with Crippen molar-refractivity contribution in [1.82, 2.24) is 15.6 Å². The molecular formula is C21H31IN4O2S. The Labute approximate surface area is 194 Å². The van der Waals surface area contributed by atoms with Crippen LogP contribution < -0.4 is 20.1 Å². The minimum absolute atomic E-state index is 0. The van der Waals surface area contributed by atoms with Crippen LogP contribution in [-0.2, 0) is 19.4 Å². The van der Waals surface area contributed by atoms with Gasteiger partial charge in [-0.2, -0.15) is 0 Å². The first-order chi connectivity index (χ1) is 13.6. The van der Waals surface area contributed by atoms with Gasteiger partial charge in [0.2, 0.25) is 0 Å². The molecule has 1 atom stereocenters. The Morgan fingerprint density at radius 1 is 1.34 bits per heavy atom. The summed E-state index contributed by atoms with van der Waals surface area (Å²) in [5.41, 5.74) is 2.26. The molecule has 2 N–H and O–H groups in total. The number of halogens is 1. The number of hydrogen-bond acceptors (Lipinski definition) is 5. The minimum Gasteiger partial charge on any atom is -0.494 e. The fourth-order valence-electron chi connectivity index (χ4n) is 3.21. The summed E-state index contributed by atoms with van der Waals surface area (Å²) in [6, 6.07) is 4.19. The summed E-state index contributed by atoms with van der Waals surface area (Å²) in [4.78, 5) is 10.4. The number of aromatic nitrogens is 1. The molecule has 0 saturated carbocycles. The molecular weight excluding hydrogens is 499 g/mol. The molecule has 1 aromatic carbocycles. The maximum Gasteiger partial charge on any atom is 0.191 e. The second-order valence-electron chi connectivity index (χ2n) is 6.87. The molecule has 2 heterocycles. The zero-order valence-electron chi connectivity index (χ0n) is 17.6. The third kappa shape index (κ3) is 6.74. The van der Waals surface area contributed by atoms with Gasteiger partial charge in [0, 0.05) is 48.1 Å². The topological polar surface area (TPSA) is 67.8 Å². The van der Waals surface area contributed by atoms with Crippen molar-refractivity contribution in [2.45, 2.75) is 53.2 Å². The Hall–Kier alpha value is -1.55. The maximum atomic E-state index is 5.91. The lowest BCUT2D eigenvalue weighted by atomic mass is 10.1. The Morgan fingerprint density at radius 3 is 2.86 bits per heavy atom. The summed E-state index contributed by atoms with van der Waals surface area (Å²) >= 11 is 1.74.